The molecule has 1 N–H and O–H groups in total. The predicted molar refractivity (Wildman–Crippen MR) is 72.1 cm³/mol. The fourth-order valence-corrected chi connectivity index (χ4v) is 3.07. The van der Waals surface area contributed by atoms with Gasteiger partial charge in [-0.3, -0.25) is 4.90 Å². The molecular weight excluding hydrogens is 236 g/mol. The summed E-state index contributed by atoms with van der Waals surface area (Å²) >= 11 is 0. The van der Waals surface area contributed by atoms with Gasteiger partial charge in [0.15, 0.2) is 0 Å². The molecule has 2 unspecified atom stereocenters. The Labute approximate surface area is 106 Å². The van der Waals surface area contributed by atoms with Crippen molar-refractivity contribution in [2.75, 3.05) is 31.6 Å². The minimum absolute atomic E-state index is 0.236. The van der Waals surface area contributed by atoms with Gasteiger partial charge >= 0.3 is 0 Å². The highest BCUT2D eigenvalue weighted by molar-refractivity contribution is 7.90. The van der Waals surface area contributed by atoms with Gasteiger partial charge in [-0.15, -0.1) is 0 Å². The zero-order valence-electron chi connectivity index (χ0n) is 11.3. The van der Waals surface area contributed by atoms with E-state index in [-0.39, 0.29) is 5.75 Å². The summed E-state index contributed by atoms with van der Waals surface area (Å²) in [5.41, 5.74) is 0. The van der Waals surface area contributed by atoms with Gasteiger partial charge in [0.05, 0.1) is 5.75 Å². The highest BCUT2D eigenvalue weighted by Gasteiger charge is 2.28. The van der Waals surface area contributed by atoms with Crippen LogP contribution < -0.4 is 5.32 Å². The van der Waals surface area contributed by atoms with Gasteiger partial charge in [-0.1, -0.05) is 6.92 Å². The number of nitrogens with zero attached hydrogens (tertiary/aromatic N) is 1. The SMILES string of the molecule is CCC1CCC(C)N1CCNCCS(C)(=O)=O. The third-order valence-corrected chi connectivity index (χ3v) is 4.57. The number of hydrogen-bond donors (Lipinski definition) is 1. The third-order valence-electron chi connectivity index (χ3n) is 3.62. The molecule has 1 rings (SSSR count). The van der Waals surface area contributed by atoms with Crippen LogP contribution in [0.25, 0.3) is 0 Å². The molecular formula is C12H26N2O2S. The molecule has 5 heteroatoms. The van der Waals surface area contributed by atoms with Gasteiger partial charge in [-0.25, -0.2) is 8.42 Å². The number of likely N-dealkylation sites (tertiary alicyclic amines) is 1. The lowest BCUT2D eigenvalue weighted by Gasteiger charge is -2.27. The van der Waals surface area contributed by atoms with E-state index in [1.165, 1.54) is 25.5 Å². The highest BCUT2D eigenvalue weighted by atomic mass is 32.2. The first kappa shape index (κ1) is 14.9. The fourth-order valence-electron chi connectivity index (χ4n) is 2.56. The standard InChI is InChI=1S/C12H26N2O2S/c1-4-12-6-5-11(2)14(12)9-7-13-8-10-17(3,15)16/h11-13H,4-10H2,1-3H3. The number of hydrogen-bond acceptors (Lipinski definition) is 4. The van der Waals surface area contributed by atoms with Crippen LogP contribution in [0.5, 0.6) is 0 Å². The van der Waals surface area contributed by atoms with Crippen LogP contribution in [0.1, 0.15) is 33.1 Å². The van der Waals surface area contributed by atoms with Crippen LogP contribution >= 0.6 is 0 Å². The predicted octanol–water partition coefficient (Wildman–Crippen LogP) is 0.884. The maximum absolute atomic E-state index is 11.0. The molecule has 1 saturated heterocycles. The number of nitrogens with one attached hydrogen (secondary N) is 1. The summed E-state index contributed by atoms with van der Waals surface area (Å²) in [6.45, 7) is 7.01. The lowest BCUT2D eigenvalue weighted by molar-refractivity contribution is 0.200. The average Bonchev–Trinajstić information content (AvgIpc) is 2.58. The molecule has 1 aliphatic rings. The first-order valence-corrected chi connectivity index (χ1v) is 8.64. The first-order chi connectivity index (χ1) is 7.94. The van der Waals surface area contributed by atoms with Gasteiger partial charge in [-0.2, -0.15) is 0 Å². The van der Waals surface area contributed by atoms with Crippen LogP contribution in [0.3, 0.4) is 0 Å². The summed E-state index contributed by atoms with van der Waals surface area (Å²) in [7, 11) is -2.83. The molecule has 1 fully saturated rings. The molecule has 1 aliphatic heterocycles. The minimum atomic E-state index is -2.83. The van der Waals surface area contributed by atoms with Crippen LogP contribution in [0, 0.1) is 0 Å². The van der Waals surface area contributed by atoms with Crippen molar-refractivity contribution in [3.63, 3.8) is 0 Å². The van der Waals surface area contributed by atoms with Crippen molar-refractivity contribution >= 4 is 9.84 Å². The topological polar surface area (TPSA) is 49.4 Å². The lowest BCUT2D eigenvalue weighted by atomic mass is 10.1. The third kappa shape index (κ3) is 5.36. The molecule has 17 heavy (non-hydrogen) atoms. The van der Waals surface area contributed by atoms with Crippen LogP contribution in [-0.2, 0) is 9.84 Å². The molecule has 4 nitrogen and oxygen atoms in total. The van der Waals surface area contributed by atoms with Gasteiger partial charge in [0.2, 0.25) is 0 Å². The molecule has 0 aromatic rings. The second kappa shape index (κ2) is 6.71. The smallest absolute Gasteiger partial charge is 0.148 e. The molecule has 0 spiro atoms. The van der Waals surface area contributed by atoms with Crippen molar-refractivity contribution in [1.82, 2.24) is 10.2 Å². The Morgan fingerprint density at radius 1 is 1.29 bits per heavy atom. The van der Waals surface area contributed by atoms with Crippen LogP contribution in [0.4, 0.5) is 0 Å². The summed E-state index contributed by atoms with van der Waals surface area (Å²) in [4.78, 5) is 2.55. The number of sulfone groups is 1. The molecule has 1 heterocycles. The van der Waals surface area contributed by atoms with Crippen molar-refractivity contribution in [3.8, 4) is 0 Å². The van der Waals surface area contributed by atoms with E-state index in [9.17, 15) is 8.42 Å². The van der Waals surface area contributed by atoms with Crippen molar-refractivity contribution in [1.29, 1.82) is 0 Å². The number of rotatable bonds is 7. The summed E-state index contributed by atoms with van der Waals surface area (Å²) in [5, 5.41) is 3.21. The molecule has 2 atom stereocenters. The second-order valence-electron chi connectivity index (χ2n) is 5.11. The van der Waals surface area contributed by atoms with E-state index < -0.39 is 9.84 Å². The normalized spacial score (nSPS) is 26.5. The molecule has 0 bridgehead atoms. The Morgan fingerprint density at radius 3 is 2.59 bits per heavy atom. The van der Waals surface area contributed by atoms with Gasteiger partial charge in [0.1, 0.15) is 9.84 Å². The lowest BCUT2D eigenvalue weighted by Crippen LogP contribution is -2.40. The van der Waals surface area contributed by atoms with E-state index in [1.54, 1.807) is 0 Å². The Bertz CT molecular complexity index is 316. The molecule has 0 aromatic heterocycles. The summed E-state index contributed by atoms with van der Waals surface area (Å²) in [5.74, 6) is 0.236. The Hall–Kier alpha value is -0.130. The van der Waals surface area contributed by atoms with Crippen LogP contribution in [-0.4, -0.2) is 57.0 Å². The zero-order valence-corrected chi connectivity index (χ0v) is 12.1. The summed E-state index contributed by atoms with van der Waals surface area (Å²) in [6.07, 6.45) is 5.10. The van der Waals surface area contributed by atoms with E-state index in [4.69, 9.17) is 0 Å². The molecule has 102 valence electrons. The molecule has 0 saturated carbocycles. The molecule has 0 aliphatic carbocycles. The van der Waals surface area contributed by atoms with Crippen molar-refractivity contribution in [2.24, 2.45) is 0 Å². The second-order valence-corrected chi connectivity index (χ2v) is 7.37. The highest BCUT2D eigenvalue weighted by Crippen LogP contribution is 2.24. The minimum Gasteiger partial charge on any atom is -0.314 e. The van der Waals surface area contributed by atoms with E-state index in [2.05, 4.69) is 24.1 Å². The fraction of sp³-hybridized carbons (Fsp3) is 1.00. The zero-order chi connectivity index (χ0) is 12.9. The molecule has 0 amide bonds. The van der Waals surface area contributed by atoms with Crippen molar-refractivity contribution < 1.29 is 8.42 Å². The van der Waals surface area contributed by atoms with Gasteiger partial charge in [-0.05, 0) is 26.2 Å². The quantitative estimate of drug-likeness (QED) is 0.692. The van der Waals surface area contributed by atoms with E-state index in [0.29, 0.717) is 12.6 Å². The first-order valence-electron chi connectivity index (χ1n) is 6.58. The van der Waals surface area contributed by atoms with E-state index in [1.807, 2.05) is 0 Å². The Kier molecular flexibility index (Phi) is 5.89. The maximum Gasteiger partial charge on any atom is 0.148 e. The summed E-state index contributed by atoms with van der Waals surface area (Å²) in [6, 6.07) is 1.40. The van der Waals surface area contributed by atoms with Crippen molar-refractivity contribution in [3.05, 3.63) is 0 Å². The van der Waals surface area contributed by atoms with Gasteiger partial charge in [0, 0.05) is 38.0 Å². The van der Waals surface area contributed by atoms with E-state index in [0.717, 1.165) is 19.1 Å². The van der Waals surface area contributed by atoms with Crippen molar-refractivity contribution in [2.45, 2.75) is 45.2 Å². The van der Waals surface area contributed by atoms with Gasteiger partial charge < -0.3 is 5.32 Å². The Morgan fingerprint density at radius 2 is 2.00 bits per heavy atom. The van der Waals surface area contributed by atoms with Gasteiger partial charge in [0.25, 0.3) is 0 Å². The largest absolute Gasteiger partial charge is 0.314 e. The summed E-state index contributed by atoms with van der Waals surface area (Å²) < 4.78 is 21.9. The molecule has 0 radical (unpaired) electrons. The molecule has 0 aromatic carbocycles. The average molecular weight is 262 g/mol. The maximum atomic E-state index is 11.0. The van der Waals surface area contributed by atoms with Crippen LogP contribution in [0.15, 0.2) is 0 Å². The van der Waals surface area contributed by atoms with E-state index >= 15 is 0 Å². The van der Waals surface area contributed by atoms with Crippen LogP contribution in [0.2, 0.25) is 0 Å². The monoisotopic (exact) mass is 262 g/mol. The Balaban J connectivity index is 2.17.